The predicted octanol–water partition coefficient (Wildman–Crippen LogP) is 4.75. The maximum Gasteiger partial charge on any atom is 0.416 e. The fourth-order valence-corrected chi connectivity index (χ4v) is 4.87. The molecular formula is C25H31F3N4O3. The van der Waals surface area contributed by atoms with Gasteiger partial charge in [0.1, 0.15) is 17.8 Å². The third-order valence-electron chi connectivity index (χ3n) is 6.85. The molecule has 1 saturated carbocycles. The number of piperidine rings is 1. The van der Waals surface area contributed by atoms with Crippen LogP contribution in [0, 0.1) is 6.92 Å². The molecule has 4 rings (SSSR count). The van der Waals surface area contributed by atoms with Crippen molar-refractivity contribution in [2.75, 3.05) is 20.2 Å². The average molecular weight is 493 g/mol. The van der Waals surface area contributed by atoms with Gasteiger partial charge in [0, 0.05) is 37.8 Å². The second-order valence-electron chi connectivity index (χ2n) is 9.18. The van der Waals surface area contributed by atoms with E-state index < -0.39 is 11.7 Å². The van der Waals surface area contributed by atoms with Crippen LogP contribution in [-0.2, 0) is 10.9 Å². The highest BCUT2D eigenvalue weighted by Crippen LogP contribution is 2.33. The van der Waals surface area contributed by atoms with Crippen LogP contribution in [0.4, 0.5) is 13.2 Å². The number of aromatic nitrogens is 2. The van der Waals surface area contributed by atoms with E-state index in [9.17, 15) is 18.0 Å². The lowest BCUT2D eigenvalue weighted by molar-refractivity contribution is -0.137. The van der Waals surface area contributed by atoms with Gasteiger partial charge in [0.05, 0.1) is 11.7 Å². The van der Waals surface area contributed by atoms with Crippen LogP contribution in [0.5, 0.6) is 11.6 Å². The summed E-state index contributed by atoms with van der Waals surface area (Å²) in [4.78, 5) is 23.1. The number of hydrogen-bond donors (Lipinski definition) is 1. The van der Waals surface area contributed by atoms with Crippen molar-refractivity contribution >= 4 is 5.91 Å². The maximum absolute atomic E-state index is 13.2. The van der Waals surface area contributed by atoms with Crippen molar-refractivity contribution < 1.29 is 27.4 Å². The topological polar surface area (TPSA) is 76.6 Å². The van der Waals surface area contributed by atoms with Crippen molar-refractivity contribution in [1.82, 2.24) is 20.2 Å². The second-order valence-corrected chi connectivity index (χ2v) is 9.18. The smallest absolute Gasteiger partial charge is 0.416 e. The Morgan fingerprint density at radius 3 is 2.57 bits per heavy atom. The summed E-state index contributed by atoms with van der Waals surface area (Å²) in [6, 6.07) is 5.22. The Bertz CT molecular complexity index is 1030. The van der Waals surface area contributed by atoms with E-state index in [4.69, 9.17) is 9.47 Å². The number of hydrogen-bond acceptors (Lipinski definition) is 6. The molecule has 35 heavy (non-hydrogen) atoms. The zero-order valence-electron chi connectivity index (χ0n) is 20.0. The summed E-state index contributed by atoms with van der Waals surface area (Å²) in [6.07, 6.45) is 3.19. The molecule has 190 valence electrons. The van der Waals surface area contributed by atoms with Crippen LogP contribution in [-0.4, -0.2) is 59.2 Å². The number of likely N-dealkylation sites (tertiary alicyclic amines) is 1. The van der Waals surface area contributed by atoms with E-state index in [0.717, 1.165) is 37.8 Å². The largest absolute Gasteiger partial charge is 0.439 e. The number of benzene rings is 1. The normalized spacial score (nSPS) is 21.7. The number of rotatable bonds is 6. The van der Waals surface area contributed by atoms with Crippen molar-refractivity contribution in [3.05, 3.63) is 47.4 Å². The van der Waals surface area contributed by atoms with Crippen LogP contribution in [0.25, 0.3) is 0 Å². The summed E-state index contributed by atoms with van der Waals surface area (Å²) in [5.74, 6) is -0.184. The van der Waals surface area contributed by atoms with E-state index >= 15 is 0 Å². The highest BCUT2D eigenvalue weighted by atomic mass is 19.4. The Morgan fingerprint density at radius 2 is 1.86 bits per heavy atom. The number of halogens is 3. The van der Waals surface area contributed by atoms with E-state index in [0.29, 0.717) is 30.7 Å². The molecule has 7 nitrogen and oxygen atoms in total. The Balaban J connectivity index is 1.39. The number of amides is 1. The predicted molar refractivity (Wildman–Crippen MR) is 123 cm³/mol. The molecule has 1 aromatic heterocycles. The zero-order valence-corrected chi connectivity index (χ0v) is 20.0. The molecule has 0 spiro atoms. The van der Waals surface area contributed by atoms with Crippen molar-refractivity contribution in [2.45, 2.75) is 69.8 Å². The van der Waals surface area contributed by atoms with Gasteiger partial charge in [0.25, 0.3) is 5.91 Å². The van der Waals surface area contributed by atoms with E-state index in [1.807, 2.05) is 0 Å². The molecule has 2 unspecified atom stereocenters. The minimum absolute atomic E-state index is 0.0102. The number of alkyl halides is 3. The summed E-state index contributed by atoms with van der Waals surface area (Å²) >= 11 is 0. The average Bonchev–Trinajstić information content (AvgIpc) is 2.85. The summed E-state index contributed by atoms with van der Waals surface area (Å²) < 4.78 is 50.3. The molecule has 10 heteroatoms. The Hall–Kier alpha value is -2.72. The van der Waals surface area contributed by atoms with E-state index in [1.165, 1.54) is 31.3 Å². The van der Waals surface area contributed by atoms with Gasteiger partial charge in [-0.25, -0.2) is 9.97 Å². The lowest BCUT2D eigenvalue weighted by atomic mass is 9.90. The number of nitrogens with one attached hydrogen (secondary N) is 1. The molecule has 0 bridgehead atoms. The van der Waals surface area contributed by atoms with Gasteiger partial charge in [0.2, 0.25) is 5.88 Å². The summed E-state index contributed by atoms with van der Waals surface area (Å²) in [6.45, 7) is 2.82. The van der Waals surface area contributed by atoms with Crippen LogP contribution < -0.4 is 10.1 Å². The van der Waals surface area contributed by atoms with Gasteiger partial charge in [-0.15, -0.1) is 0 Å². The quantitative estimate of drug-likeness (QED) is 0.627. The van der Waals surface area contributed by atoms with Crippen molar-refractivity contribution in [3.8, 4) is 11.6 Å². The van der Waals surface area contributed by atoms with Crippen LogP contribution in [0.3, 0.4) is 0 Å². The van der Waals surface area contributed by atoms with Crippen molar-refractivity contribution in [1.29, 1.82) is 0 Å². The Kier molecular flexibility index (Phi) is 7.91. The molecule has 1 N–H and O–H groups in total. The molecule has 0 radical (unpaired) electrons. The van der Waals surface area contributed by atoms with Crippen LogP contribution in [0.1, 0.15) is 60.1 Å². The number of methoxy groups -OCH3 is 1. The summed E-state index contributed by atoms with van der Waals surface area (Å²) in [5.41, 5.74) is -0.236. The van der Waals surface area contributed by atoms with Crippen molar-refractivity contribution in [3.63, 3.8) is 0 Å². The summed E-state index contributed by atoms with van der Waals surface area (Å²) in [7, 11) is 1.76. The van der Waals surface area contributed by atoms with Crippen molar-refractivity contribution in [2.24, 2.45) is 0 Å². The molecule has 1 aliphatic heterocycles. The maximum atomic E-state index is 13.2. The van der Waals surface area contributed by atoms with Gasteiger partial charge in [0.15, 0.2) is 0 Å². The number of carbonyl (C=O) groups is 1. The lowest BCUT2D eigenvalue weighted by Gasteiger charge is -2.38. The van der Waals surface area contributed by atoms with Gasteiger partial charge in [-0.2, -0.15) is 13.2 Å². The molecule has 2 fully saturated rings. The first-order valence-electron chi connectivity index (χ1n) is 12.0. The van der Waals surface area contributed by atoms with Gasteiger partial charge in [-0.1, -0.05) is 18.9 Å². The van der Waals surface area contributed by atoms with E-state index in [2.05, 4.69) is 15.3 Å². The van der Waals surface area contributed by atoms with E-state index in [-0.39, 0.29) is 29.3 Å². The highest BCUT2D eigenvalue weighted by molar-refractivity contribution is 5.94. The molecule has 2 heterocycles. The molecule has 2 aromatic rings. The first-order chi connectivity index (χ1) is 16.8. The number of nitrogens with zero attached hydrogens (tertiary/aromatic N) is 3. The van der Waals surface area contributed by atoms with Gasteiger partial charge in [-0.05, 0) is 50.8 Å². The summed E-state index contributed by atoms with van der Waals surface area (Å²) in [5, 5.41) is 3.73. The SMILES string of the molecule is COC1CCCCC1NC1CCN(C(=O)c2ncnc(Oc3cccc(C(F)(F)F)c3)c2C)CC1. The molecule has 1 aliphatic carbocycles. The highest BCUT2D eigenvalue weighted by Gasteiger charge is 2.32. The first kappa shape index (κ1) is 25.4. The molecular weight excluding hydrogens is 461 g/mol. The molecule has 2 aliphatic rings. The van der Waals surface area contributed by atoms with E-state index in [1.54, 1.807) is 18.9 Å². The molecule has 1 aromatic carbocycles. The first-order valence-corrected chi connectivity index (χ1v) is 12.0. The number of ether oxygens (including phenoxy) is 2. The molecule has 2 atom stereocenters. The third kappa shape index (κ3) is 6.10. The Morgan fingerprint density at radius 1 is 1.11 bits per heavy atom. The zero-order chi connectivity index (χ0) is 25.0. The third-order valence-corrected chi connectivity index (χ3v) is 6.85. The van der Waals surface area contributed by atoms with Gasteiger partial charge < -0.3 is 19.7 Å². The van der Waals surface area contributed by atoms with Crippen LogP contribution in [0.15, 0.2) is 30.6 Å². The lowest BCUT2D eigenvalue weighted by Crippen LogP contribution is -2.52. The van der Waals surface area contributed by atoms with Crippen LogP contribution >= 0.6 is 0 Å². The molecule has 1 amide bonds. The monoisotopic (exact) mass is 492 g/mol. The van der Waals surface area contributed by atoms with Gasteiger partial charge >= 0.3 is 6.18 Å². The number of carbonyl (C=O) groups excluding carboxylic acids is 1. The second kappa shape index (κ2) is 10.9. The van der Waals surface area contributed by atoms with Gasteiger partial charge in [-0.3, -0.25) is 4.79 Å². The minimum atomic E-state index is -4.48. The fraction of sp³-hybridized carbons (Fsp3) is 0.560. The Labute approximate surface area is 203 Å². The molecule has 1 saturated heterocycles. The minimum Gasteiger partial charge on any atom is -0.439 e. The fourth-order valence-electron chi connectivity index (χ4n) is 4.87. The standard InChI is InChI=1S/C25H31F3N4O3/c1-16-22(29-15-30-23(16)35-19-7-5-6-17(14-19)25(26,27)28)24(33)32-12-10-18(11-13-32)31-20-8-3-4-9-21(20)34-2/h5-7,14-15,18,20-21,31H,3-4,8-13H2,1-2H3. The van der Waals surface area contributed by atoms with Crippen LogP contribution in [0.2, 0.25) is 0 Å².